The molecule has 1 atom stereocenters. The lowest BCUT2D eigenvalue weighted by Crippen LogP contribution is -2.20. The van der Waals surface area contributed by atoms with Crippen LogP contribution in [0.4, 0.5) is 5.69 Å². The molecule has 0 spiro atoms. The van der Waals surface area contributed by atoms with Crippen LogP contribution in [0.2, 0.25) is 0 Å². The van der Waals surface area contributed by atoms with Gasteiger partial charge in [0.2, 0.25) is 0 Å². The van der Waals surface area contributed by atoms with E-state index in [0.29, 0.717) is 5.69 Å². The van der Waals surface area contributed by atoms with Gasteiger partial charge in [0.25, 0.3) is 0 Å². The quantitative estimate of drug-likeness (QED) is 0.582. The lowest BCUT2D eigenvalue weighted by atomic mass is 10.1. The molecule has 0 bridgehead atoms. The van der Waals surface area contributed by atoms with Crippen molar-refractivity contribution in [2.24, 2.45) is 4.40 Å². The molecule has 0 N–H and O–H groups in total. The van der Waals surface area contributed by atoms with Crippen LogP contribution in [0.25, 0.3) is 4.85 Å². The summed E-state index contributed by atoms with van der Waals surface area (Å²) in [4.78, 5) is 3.32. The molecule has 1 rings (SSSR count). The molecular weight excluding hydrogens is 232 g/mol. The first-order valence-corrected chi connectivity index (χ1v) is 6.40. The molecule has 1 aromatic rings. The molecule has 4 heteroatoms. The van der Waals surface area contributed by atoms with E-state index < -0.39 is 11.0 Å². The van der Waals surface area contributed by atoms with Gasteiger partial charge in [-0.15, -0.1) is 0 Å². The zero-order valence-corrected chi connectivity index (χ0v) is 11.3. The van der Waals surface area contributed by atoms with E-state index in [1.54, 1.807) is 12.1 Å². The van der Waals surface area contributed by atoms with E-state index in [1.807, 2.05) is 39.8 Å². The molecule has 1 aromatic carbocycles. The van der Waals surface area contributed by atoms with Gasteiger partial charge in [-0.05, 0) is 33.3 Å². The molecular formula is C13H16N2OS. The van der Waals surface area contributed by atoms with Gasteiger partial charge >= 0.3 is 0 Å². The van der Waals surface area contributed by atoms with Crippen LogP contribution in [0, 0.1) is 6.57 Å². The highest BCUT2D eigenvalue weighted by atomic mass is 32.2. The van der Waals surface area contributed by atoms with Crippen LogP contribution in [-0.4, -0.2) is 14.7 Å². The average molecular weight is 248 g/mol. The molecule has 90 valence electrons. The lowest BCUT2D eigenvalue weighted by molar-refractivity contribution is 0.650. The van der Waals surface area contributed by atoms with Crippen molar-refractivity contribution in [3.05, 3.63) is 41.2 Å². The van der Waals surface area contributed by atoms with Crippen LogP contribution in [0.15, 0.2) is 28.7 Å². The van der Waals surface area contributed by atoms with Gasteiger partial charge in [0.05, 0.1) is 17.0 Å². The van der Waals surface area contributed by atoms with Crippen LogP contribution < -0.4 is 0 Å². The highest BCUT2D eigenvalue weighted by Gasteiger charge is 2.19. The zero-order valence-electron chi connectivity index (χ0n) is 10.5. The molecule has 0 saturated heterocycles. The Hall–Kier alpha value is -1.47. The highest BCUT2D eigenvalue weighted by molar-refractivity contribution is 7.85. The normalized spacial score (nSPS) is 14.2. The molecule has 0 fully saturated rings. The molecule has 0 aliphatic rings. The first kappa shape index (κ1) is 13.6. The topological polar surface area (TPSA) is 33.8 Å². The number of benzene rings is 1. The zero-order chi connectivity index (χ0) is 13.1. The van der Waals surface area contributed by atoms with Gasteiger partial charge in [-0.25, -0.2) is 9.05 Å². The third-order valence-electron chi connectivity index (χ3n) is 2.16. The Morgan fingerprint density at radius 3 is 2.24 bits per heavy atom. The van der Waals surface area contributed by atoms with Gasteiger partial charge in [0.15, 0.2) is 5.69 Å². The Balaban J connectivity index is 2.97. The SMILES string of the molecule is [C-]#[N+]c1ccc(/C(C)=N\[S@@](=O)C(C)(C)C)cc1. The second-order valence-corrected chi connectivity index (χ2v) is 6.60. The van der Waals surface area contributed by atoms with E-state index in [4.69, 9.17) is 6.57 Å². The minimum absolute atomic E-state index is 0.349. The van der Waals surface area contributed by atoms with Crippen LogP contribution >= 0.6 is 0 Å². The third-order valence-corrected chi connectivity index (χ3v) is 3.65. The summed E-state index contributed by atoms with van der Waals surface area (Å²) < 4.78 is 15.7. The molecule has 0 aliphatic carbocycles. The first-order chi connectivity index (χ1) is 7.84. The first-order valence-electron chi connectivity index (χ1n) is 5.30. The van der Waals surface area contributed by atoms with Crippen molar-refractivity contribution in [2.45, 2.75) is 32.4 Å². The van der Waals surface area contributed by atoms with Crippen molar-refractivity contribution in [3.63, 3.8) is 0 Å². The van der Waals surface area contributed by atoms with Gasteiger partial charge in [-0.1, -0.05) is 24.3 Å². The number of hydrogen-bond acceptors (Lipinski definition) is 1. The van der Waals surface area contributed by atoms with Crippen molar-refractivity contribution in [1.29, 1.82) is 0 Å². The summed E-state index contributed by atoms with van der Waals surface area (Å²) in [6.45, 7) is 14.4. The van der Waals surface area contributed by atoms with E-state index in [1.165, 1.54) is 0 Å². The van der Waals surface area contributed by atoms with Crippen molar-refractivity contribution in [1.82, 2.24) is 0 Å². The lowest BCUT2D eigenvalue weighted by Gasteiger charge is -2.14. The summed E-state index contributed by atoms with van der Waals surface area (Å²) in [6.07, 6.45) is 0. The third kappa shape index (κ3) is 3.79. The van der Waals surface area contributed by atoms with Crippen LogP contribution in [0.3, 0.4) is 0 Å². The smallest absolute Gasteiger partial charge is 0.187 e. The molecule has 0 aliphatic heterocycles. The molecule has 0 unspecified atom stereocenters. The van der Waals surface area contributed by atoms with Crippen molar-refractivity contribution < 1.29 is 4.21 Å². The van der Waals surface area contributed by atoms with E-state index >= 15 is 0 Å². The summed E-state index contributed by atoms with van der Waals surface area (Å²) in [5, 5.41) is 0. The highest BCUT2D eigenvalue weighted by Crippen LogP contribution is 2.16. The van der Waals surface area contributed by atoms with Crippen LogP contribution in [-0.2, 0) is 11.0 Å². The molecule has 3 nitrogen and oxygen atoms in total. The largest absolute Gasteiger partial charge is 0.238 e. The standard InChI is InChI=1S/C13H16N2OS/c1-10(15-17(16)13(2,3)4)11-6-8-12(14-5)9-7-11/h6-9H,1-4H3/b15-10-/t17-/m0/s1. The average Bonchev–Trinajstić information content (AvgIpc) is 2.27. The summed E-state index contributed by atoms with van der Waals surface area (Å²) in [6, 6.07) is 7.13. The van der Waals surface area contributed by atoms with Crippen LogP contribution in [0.1, 0.15) is 33.3 Å². The molecule has 0 radical (unpaired) electrons. The number of rotatable bonds is 2. The monoisotopic (exact) mass is 248 g/mol. The van der Waals surface area contributed by atoms with Crippen molar-refractivity contribution in [3.8, 4) is 0 Å². The fraction of sp³-hybridized carbons (Fsp3) is 0.385. The van der Waals surface area contributed by atoms with Gasteiger partial charge in [-0.2, -0.15) is 4.40 Å². The Bertz CT molecular complexity index is 490. The Labute approximate surface area is 105 Å². The van der Waals surface area contributed by atoms with Gasteiger partial charge < -0.3 is 0 Å². The number of hydrogen-bond donors (Lipinski definition) is 0. The fourth-order valence-electron chi connectivity index (χ4n) is 1.09. The maximum atomic E-state index is 11.8. The van der Waals surface area contributed by atoms with Gasteiger partial charge in [0.1, 0.15) is 11.0 Å². The van der Waals surface area contributed by atoms with E-state index in [2.05, 4.69) is 9.24 Å². The predicted octanol–water partition coefficient (Wildman–Crippen LogP) is 3.51. The Morgan fingerprint density at radius 1 is 1.29 bits per heavy atom. The minimum Gasteiger partial charge on any atom is -0.238 e. The second-order valence-electron chi connectivity index (χ2n) is 4.70. The summed E-state index contributed by atoms with van der Waals surface area (Å²) >= 11 is 0. The summed E-state index contributed by atoms with van der Waals surface area (Å²) in [5.74, 6) is 0. The summed E-state index contributed by atoms with van der Waals surface area (Å²) in [7, 11) is -1.25. The van der Waals surface area contributed by atoms with E-state index in [-0.39, 0.29) is 4.75 Å². The van der Waals surface area contributed by atoms with E-state index in [9.17, 15) is 4.21 Å². The van der Waals surface area contributed by atoms with Crippen molar-refractivity contribution >= 4 is 22.4 Å². The van der Waals surface area contributed by atoms with Crippen LogP contribution in [0.5, 0.6) is 0 Å². The summed E-state index contributed by atoms with van der Waals surface area (Å²) in [5.41, 5.74) is 2.23. The molecule has 17 heavy (non-hydrogen) atoms. The molecule has 0 aromatic heterocycles. The van der Waals surface area contributed by atoms with Gasteiger partial charge in [0, 0.05) is 0 Å². The Kier molecular flexibility index (Phi) is 4.19. The fourth-order valence-corrected chi connectivity index (χ4v) is 1.72. The van der Waals surface area contributed by atoms with Gasteiger partial charge in [-0.3, -0.25) is 0 Å². The molecule has 0 amide bonds. The second kappa shape index (κ2) is 5.24. The maximum Gasteiger partial charge on any atom is 0.187 e. The molecule has 0 saturated carbocycles. The Morgan fingerprint density at radius 2 is 1.82 bits per heavy atom. The number of nitrogens with zero attached hydrogens (tertiary/aromatic N) is 2. The predicted molar refractivity (Wildman–Crippen MR) is 72.8 cm³/mol. The van der Waals surface area contributed by atoms with E-state index in [0.717, 1.165) is 11.3 Å². The molecule has 0 heterocycles. The maximum absolute atomic E-state index is 11.8. The van der Waals surface area contributed by atoms with Crippen molar-refractivity contribution in [2.75, 3.05) is 0 Å². The minimum atomic E-state index is -1.25.